The minimum atomic E-state index is -0.417. The van der Waals surface area contributed by atoms with Gasteiger partial charge in [-0.05, 0) is 47.1 Å². The van der Waals surface area contributed by atoms with Gasteiger partial charge < -0.3 is 9.94 Å². The maximum Gasteiger partial charge on any atom is 0.129 e. The van der Waals surface area contributed by atoms with Crippen molar-refractivity contribution in [1.29, 1.82) is 0 Å². The predicted octanol–water partition coefficient (Wildman–Crippen LogP) is 3.76. The van der Waals surface area contributed by atoms with Crippen LogP contribution in [0.3, 0.4) is 0 Å². The summed E-state index contributed by atoms with van der Waals surface area (Å²) in [5, 5.41) is 11.9. The lowest BCUT2D eigenvalue weighted by atomic mass is 10.1. The molecule has 104 valence electrons. The molecule has 6 heteroatoms. The Morgan fingerprint density at radius 3 is 2.90 bits per heavy atom. The Kier molecular flexibility index (Phi) is 4.68. The molecule has 0 saturated carbocycles. The first kappa shape index (κ1) is 14.5. The van der Waals surface area contributed by atoms with Gasteiger partial charge in [-0.3, -0.25) is 4.98 Å². The molecule has 20 heavy (non-hydrogen) atoms. The van der Waals surface area contributed by atoms with Gasteiger partial charge in [-0.25, -0.2) is 4.39 Å². The lowest BCUT2D eigenvalue weighted by Gasteiger charge is -2.11. The highest BCUT2D eigenvalue weighted by Crippen LogP contribution is 2.22. The van der Waals surface area contributed by atoms with Crippen LogP contribution in [-0.4, -0.2) is 15.9 Å². The summed E-state index contributed by atoms with van der Waals surface area (Å²) >= 11 is 3.33. The summed E-state index contributed by atoms with van der Waals surface area (Å²) in [6, 6.07) is 5.94. The Balaban J connectivity index is 2.21. The fraction of sp³-hybridized carbons (Fsp3) is 0.143. The Labute approximate surface area is 124 Å². The molecule has 1 heterocycles. The molecule has 0 saturated heterocycles. The SMILES string of the molecule is C/C(=N/O)c1cc(F)ccc1OCc1cncc(Br)c1. The van der Waals surface area contributed by atoms with Gasteiger partial charge in [0.1, 0.15) is 18.2 Å². The van der Waals surface area contributed by atoms with Crippen molar-refractivity contribution in [3.63, 3.8) is 0 Å². The second-order valence-corrected chi connectivity index (χ2v) is 5.04. The van der Waals surface area contributed by atoms with E-state index in [0.717, 1.165) is 10.0 Å². The number of halogens is 2. The van der Waals surface area contributed by atoms with E-state index in [4.69, 9.17) is 9.94 Å². The molecule has 0 radical (unpaired) electrons. The Morgan fingerprint density at radius 2 is 2.20 bits per heavy atom. The van der Waals surface area contributed by atoms with Crippen LogP contribution in [0.4, 0.5) is 4.39 Å². The number of oxime groups is 1. The summed E-state index contributed by atoms with van der Waals surface area (Å²) in [5.74, 6) is 0.0288. The number of ether oxygens (including phenoxy) is 1. The van der Waals surface area contributed by atoms with E-state index in [1.165, 1.54) is 18.2 Å². The van der Waals surface area contributed by atoms with E-state index >= 15 is 0 Å². The molecule has 0 spiro atoms. The van der Waals surface area contributed by atoms with Crippen molar-refractivity contribution in [2.45, 2.75) is 13.5 Å². The van der Waals surface area contributed by atoms with E-state index in [9.17, 15) is 4.39 Å². The average Bonchev–Trinajstić information content (AvgIpc) is 2.45. The number of hydrogen-bond acceptors (Lipinski definition) is 4. The summed E-state index contributed by atoms with van der Waals surface area (Å²) in [7, 11) is 0. The summed E-state index contributed by atoms with van der Waals surface area (Å²) in [6.45, 7) is 1.85. The molecule has 0 amide bonds. The van der Waals surface area contributed by atoms with Crippen LogP contribution in [0.2, 0.25) is 0 Å². The van der Waals surface area contributed by atoms with Crippen LogP contribution in [-0.2, 0) is 6.61 Å². The van der Waals surface area contributed by atoms with Crippen molar-refractivity contribution < 1.29 is 14.3 Å². The highest BCUT2D eigenvalue weighted by molar-refractivity contribution is 9.10. The van der Waals surface area contributed by atoms with E-state index in [1.807, 2.05) is 6.07 Å². The molecule has 0 fully saturated rings. The van der Waals surface area contributed by atoms with Crippen molar-refractivity contribution in [3.05, 3.63) is 58.1 Å². The van der Waals surface area contributed by atoms with E-state index in [2.05, 4.69) is 26.1 Å². The third-order valence-corrected chi connectivity index (χ3v) is 3.07. The Hall–Kier alpha value is -1.95. The van der Waals surface area contributed by atoms with Gasteiger partial charge in [-0.15, -0.1) is 0 Å². The van der Waals surface area contributed by atoms with E-state index in [-0.39, 0.29) is 12.3 Å². The van der Waals surface area contributed by atoms with Crippen molar-refractivity contribution in [1.82, 2.24) is 4.98 Å². The zero-order chi connectivity index (χ0) is 14.5. The second-order valence-electron chi connectivity index (χ2n) is 4.13. The van der Waals surface area contributed by atoms with Crippen molar-refractivity contribution >= 4 is 21.6 Å². The topological polar surface area (TPSA) is 54.7 Å². The molecular formula is C14H12BrFN2O2. The molecule has 1 N–H and O–H groups in total. The third kappa shape index (κ3) is 3.54. The van der Waals surface area contributed by atoms with Gasteiger partial charge >= 0.3 is 0 Å². The monoisotopic (exact) mass is 338 g/mol. The molecule has 0 bridgehead atoms. The fourth-order valence-corrected chi connectivity index (χ4v) is 2.07. The second kappa shape index (κ2) is 6.47. The average molecular weight is 339 g/mol. The van der Waals surface area contributed by atoms with Crippen LogP contribution in [0.25, 0.3) is 0 Å². The first-order valence-corrected chi connectivity index (χ1v) is 6.60. The van der Waals surface area contributed by atoms with Gasteiger partial charge in [-0.2, -0.15) is 0 Å². The van der Waals surface area contributed by atoms with Gasteiger partial charge in [0.25, 0.3) is 0 Å². The van der Waals surface area contributed by atoms with Crippen molar-refractivity contribution in [2.75, 3.05) is 0 Å². The third-order valence-electron chi connectivity index (χ3n) is 2.64. The molecule has 0 aliphatic carbocycles. The molecule has 1 aromatic carbocycles. The standard InChI is InChI=1S/C14H12BrFN2O2/c1-9(18-19)13-5-12(16)2-3-14(13)20-8-10-4-11(15)7-17-6-10/h2-7,19H,8H2,1H3/b18-9-. The zero-order valence-electron chi connectivity index (χ0n) is 10.7. The maximum atomic E-state index is 13.3. The quantitative estimate of drug-likeness (QED) is 0.524. The normalized spacial score (nSPS) is 11.4. The zero-order valence-corrected chi connectivity index (χ0v) is 12.3. The van der Waals surface area contributed by atoms with Gasteiger partial charge in [0.05, 0.1) is 5.71 Å². The summed E-state index contributed by atoms with van der Waals surface area (Å²) < 4.78 is 19.7. The molecule has 2 rings (SSSR count). The number of benzene rings is 1. The summed E-state index contributed by atoms with van der Waals surface area (Å²) in [4.78, 5) is 4.03. The van der Waals surface area contributed by atoms with Crippen molar-refractivity contribution in [3.8, 4) is 5.75 Å². The highest BCUT2D eigenvalue weighted by Gasteiger charge is 2.09. The van der Waals surface area contributed by atoms with Gasteiger partial charge in [0.2, 0.25) is 0 Å². The number of nitrogens with zero attached hydrogens (tertiary/aromatic N) is 2. The molecule has 0 aliphatic rings. The number of hydrogen-bond donors (Lipinski definition) is 1. The molecule has 2 aromatic rings. The van der Waals surface area contributed by atoms with Gasteiger partial charge in [0, 0.05) is 28.0 Å². The summed E-state index contributed by atoms with van der Waals surface area (Å²) in [6.07, 6.45) is 3.36. The highest BCUT2D eigenvalue weighted by atomic mass is 79.9. The van der Waals surface area contributed by atoms with E-state index < -0.39 is 5.82 Å². The number of pyridine rings is 1. The Morgan fingerprint density at radius 1 is 1.40 bits per heavy atom. The number of rotatable bonds is 4. The summed E-state index contributed by atoms with van der Waals surface area (Å²) in [5.41, 5.74) is 1.57. The minimum Gasteiger partial charge on any atom is -0.488 e. The van der Waals surface area contributed by atoms with Crippen LogP contribution >= 0.6 is 15.9 Å². The molecule has 1 aromatic heterocycles. The lowest BCUT2D eigenvalue weighted by Crippen LogP contribution is -2.03. The van der Waals surface area contributed by atoms with Crippen LogP contribution in [0, 0.1) is 5.82 Å². The Bertz CT molecular complexity index is 647. The lowest BCUT2D eigenvalue weighted by molar-refractivity contribution is 0.302. The van der Waals surface area contributed by atoms with E-state index in [0.29, 0.717) is 11.3 Å². The largest absolute Gasteiger partial charge is 0.488 e. The fourth-order valence-electron chi connectivity index (χ4n) is 1.66. The molecule has 4 nitrogen and oxygen atoms in total. The predicted molar refractivity (Wildman–Crippen MR) is 76.7 cm³/mol. The first-order valence-electron chi connectivity index (χ1n) is 5.81. The first-order chi connectivity index (χ1) is 9.60. The van der Waals surface area contributed by atoms with Crippen LogP contribution in [0.1, 0.15) is 18.1 Å². The molecule has 0 aliphatic heterocycles. The number of aromatic nitrogens is 1. The maximum absolute atomic E-state index is 13.3. The van der Waals surface area contributed by atoms with Crippen LogP contribution in [0.15, 0.2) is 46.3 Å². The van der Waals surface area contributed by atoms with Crippen molar-refractivity contribution in [2.24, 2.45) is 5.16 Å². The molecule has 0 atom stereocenters. The van der Waals surface area contributed by atoms with Crippen LogP contribution < -0.4 is 4.74 Å². The smallest absolute Gasteiger partial charge is 0.129 e. The minimum absolute atomic E-state index is 0.282. The van der Waals surface area contributed by atoms with E-state index in [1.54, 1.807) is 19.3 Å². The van der Waals surface area contributed by atoms with Gasteiger partial charge in [-0.1, -0.05) is 5.16 Å². The van der Waals surface area contributed by atoms with Crippen LogP contribution in [0.5, 0.6) is 5.75 Å². The molecular weight excluding hydrogens is 327 g/mol. The van der Waals surface area contributed by atoms with Gasteiger partial charge in [0.15, 0.2) is 0 Å². The molecule has 0 unspecified atom stereocenters.